The first kappa shape index (κ1) is 11.4. The van der Waals surface area contributed by atoms with Gasteiger partial charge in [0, 0.05) is 12.0 Å². The normalized spacial score (nSPS) is 19.8. The Balaban J connectivity index is 2.00. The third kappa shape index (κ3) is 2.18. The summed E-state index contributed by atoms with van der Waals surface area (Å²) in [6, 6.07) is 9.02. The van der Waals surface area contributed by atoms with Crippen molar-refractivity contribution in [3.8, 4) is 0 Å². The Kier molecular flexibility index (Phi) is 3.42. The summed E-state index contributed by atoms with van der Waals surface area (Å²) in [6.07, 6.45) is 3.28. The number of hydrogen-bond donors (Lipinski definition) is 2. The van der Waals surface area contributed by atoms with Crippen LogP contribution >= 0.6 is 0 Å². The second-order valence-electron chi connectivity index (χ2n) is 4.78. The van der Waals surface area contributed by atoms with Gasteiger partial charge in [-0.3, -0.25) is 11.3 Å². The second kappa shape index (κ2) is 4.81. The molecule has 1 aliphatic carbocycles. The fourth-order valence-corrected chi connectivity index (χ4v) is 2.46. The van der Waals surface area contributed by atoms with Crippen molar-refractivity contribution in [1.29, 1.82) is 0 Å². The van der Waals surface area contributed by atoms with Crippen LogP contribution in [-0.2, 0) is 6.42 Å². The van der Waals surface area contributed by atoms with Gasteiger partial charge in [0.25, 0.3) is 0 Å². The van der Waals surface area contributed by atoms with E-state index in [1.807, 2.05) is 0 Å². The first-order valence-electron chi connectivity index (χ1n) is 5.90. The van der Waals surface area contributed by atoms with Gasteiger partial charge in [0.1, 0.15) is 0 Å². The monoisotopic (exact) mass is 216 g/mol. The van der Waals surface area contributed by atoms with Gasteiger partial charge in [0.2, 0.25) is 0 Å². The Morgan fingerprint density at radius 3 is 2.94 bits per heavy atom. The molecular formula is C14H20N2. The van der Waals surface area contributed by atoms with E-state index in [9.17, 15) is 0 Å². The lowest BCUT2D eigenvalue weighted by Crippen LogP contribution is -2.43. The van der Waals surface area contributed by atoms with E-state index in [4.69, 9.17) is 5.84 Å². The molecule has 0 saturated carbocycles. The molecule has 0 amide bonds. The average molecular weight is 216 g/mol. The molecule has 2 rings (SSSR count). The zero-order valence-corrected chi connectivity index (χ0v) is 9.87. The maximum atomic E-state index is 5.65. The lowest BCUT2D eigenvalue weighted by molar-refractivity contribution is 0.385. The molecule has 0 aromatic heterocycles. The van der Waals surface area contributed by atoms with Crippen LogP contribution in [0.1, 0.15) is 36.8 Å². The van der Waals surface area contributed by atoms with Gasteiger partial charge in [0.15, 0.2) is 0 Å². The van der Waals surface area contributed by atoms with Crippen LogP contribution in [-0.4, -0.2) is 6.04 Å². The minimum Gasteiger partial charge on any atom is -0.271 e. The summed E-state index contributed by atoms with van der Waals surface area (Å²) in [7, 11) is 0. The van der Waals surface area contributed by atoms with Crippen molar-refractivity contribution in [3.63, 3.8) is 0 Å². The summed E-state index contributed by atoms with van der Waals surface area (Å²) >= 11 is 0. The van der Waals surface area contributed by atoms with E-state index in [-0.39, 0.29) is 0 Å². The van der Waals surface area contributed by atoms with Gasteiger partial charge < -0.3 is 0 Å². The average Bonchev–Trinajstić information content (AvgIpc) is 2.24. The van der Waals surface area contributed by atoms with Crippen LogP contribution in [0.3, 0.4) is 0 Å². The summed E-state index contributed by atoms with van der Waals surface area (Å²) in [5.74, 6) is 6.23. The summed E-state index contributed by atoms with van der Waals surface area (Å²) in [4.78, 5) is 0. The Morgan fingerprint density at radius 2 is 2.31 bits per heavy atom. The number of hydrogen-bond acceptors (Lipinski definition) is 2. The van der Waals surface area contributed by atoms with Crippen molar-refractivity contribution in [3.05, 3.63) is 47.5 Å². The van der Waals surface area contributed by atoms with E-state index < -0.39 is 0 Å². The molecule has 86 valence electrons. The lowest BCUT2D eigenvalue weighted by atomic mass is 9.72. The molecule has 2 unspecified atom stereocenters. The SMILES string of the molecule is C=C(C)CCC(NN)C1Cc2ccccc21. The molecule has 0 radical (unpaired) electrons. The number of allylic oxidation sites excluding steroid dienone is 1. The zero-order chi connectivity index (χ0) is 11.5. The highest BCUT2D eigenvalue weighted by Gasteiger charge is 2.31. The predicted molar refractivity (Wildman–Crippen MR) is 68.0 cm³/mol. The van der Waals surface area contributed by atoms with Crippen molar-refractivity contribution >= 4 is 0 Å². The Morgan fingerprint density at radius 1 is 1.56 bits per heavy atom. The zero-order valence-electron chi connectivity index (χ0n) is 9.87. The summed E-state index contributed by atoms with van der Waals surface area (Å²) in [5, 5.41) is 0. The maximum absolute atomic E-state index is 5.65. The molecule has 1 aromatic carbocycles. The molecule has 2 atom stereocenters. The van der Waals surface area contributed by atoms with E-state index in [1.165, 1.54) is 16.7 Å². The third-order valence-electron chi connectivity index (χ3n) is 3.48. The van der Waals surface area contributed by atoms with Crippen molar-refractivity contribution in [1.82, 2.24) is 5.43 Å². The number of benzene rings is 1. The van der Waals surface area contributed by atoms with Crippen molar-refractivity contribution in [2.45, 2.75) is 38.1 Å². The predicted octanol–water partition coefficient (Wildman–Crippen LogP) is 2.51. The largest absolute Gasteiger partial charge is 0.271 e. The molecule has 1 aliphatic rings. The van der Waals surface area contributed by atoms with E-state index in [0.29, 0.717) is 12.0 Å². The van der Waals surface area contributed by atoms with E-state index in [1.54, 1.807) is 0 Å². The molecule has 0 aliphatic heterocycles. The van der Waals surface area contributed by atoms with Crippen LogP contribution in [0.15, 0.2) is 36.4 Å². The number of nitrogens with one attached hydrogen (secondary N) is 1. The number of rotatable bonds is 5. The van der Waals surface area contributed by atoms with Gasteiger partial charge in [0.05, 0.1) is 0 Å². The lowest BCUT2D eigenvalue weighted by Gasteiger charge is -2.36. The molecule has 3 N–H and O–H groups in total. The van der Waals surface area contributed by atoms with Crippen molar-refractivity contribution < 1.29 is 0 Å². The summed E-state index contributed by atoms with van der Waals surface area (Å²) < 4.78 is 0. The van der Waals surface area contributed by atoms with Crippen LogP contribution in [0, 0.1) is 0 Å². The van der Waals surface area contributed by atoms with Crippen LogP contribution in [0.25, 0.3) is 0 Å². The minimum absolute atomic E-state index is 0.381. The maximum Gasteiger partial charge on any atom is 0.0285 e. The standard InChI is InChI=1S/C14H20N2/c1-10(2)7-8-14(16-15)13-9-11-5-3-4-6-12(11)13/h3-6,13-14,16H,1,7-9,15H2,2H3. The third-order valence-corrected chi connectivity index (χ3v) is 3.48. The fraction of sp³-hybridized carbons (Fsp3) is 0.429. The molecule has 0 fully saturated rings. The smallest absolute Gasteiger partial charge is 0.0285 e. The molecule has 0 bridgehead atoms. The summed E-state index contributed by atoms with van der Waals surface area (Å²) in [6.45, 7) is 6.01. The van der Waals surface area contributed by atoms with Crippen LogP contribution in [0.5, 0.6) is 0 Å². The Labute approximate surface area is 97.5 Å². The highest BCUT2D eigenvalue weighted by molar-refractivity contribution is 5.41. The molecule has 1 aromatic rings. The molecule has 0 saturated heterocycles. The van der Waals surface area contributed by atoms with Gasteiger partial charge in [-0.05, 0) is 37.3 Å². The van der Waals surface area contributed by atoms with Crippen LogP contribution in [0.2, 0.25) is 0 Å². The molecule has 2 nitrogen and oxygen atoms in total. The van der Waals surface area contributed by atoms with Gasteiger partial charge in [-0.2, -0.15) is 0 Å². The van der Waals surface area contributed by atoms with Crippen LogP contribution in [0.4, 0.5) is 0 Å². The van der Waals surface area contributed by atoms with Gasteiger partial charge >= 0.3 is 0 Å². The fourth-order valence-electron chi connectivity index (χ4n) is 2.46. The summed E-state index contributed by atoms with van der Waals surface area (Å²) in [5.41, 5.74) is 7.13. The molecule has 0 heterocycles. The first-order valence-corrected chi connectivity index (χ1v) is 5.90. The van der Waals surface area contributed by atoms with Crippen molar-refractivity contribution in [2.24, 2.45) is 5.84 Å². The van der Waals surface area contributed by atoms with E-state index >= 15 is 0 Å². The van der Waals surface area contributed by atoms with Gasteiger partial charge in [-0.1, -0.05) is 29.8 Å². The Bertz CT molecular complexity index is 384. The second-order valence-corrected chi connectivity index (χ2v) is 4.78. The number of hydrazine groups is 1. The highest BCUT2D eigenvalue weighted by atomic mass is 15.2. The minimum atomic E-state index is 0.381. The number of nitrogens with two attached hydrogens (primary N) is 1. The molecular weight excluding hydrogens is 196 g/mol. The first-order chi connectivity index (χ1) is 7.72. The molecule has 16 heavy (non-hydrogen) atoms. The van der Waals surface area contributed by atoms with E-state index in [0.717, 1.165) is 19.3 Å². The van der Waals surface area contributed by atoms with E-state index in [2.05, 4.69) is 43.2 Å². The highest BCUT2D eigenvalue weighted by Crippen LogP contribution is 2.38. The number of fused-ring (bicyclic) bond motifs is 1. The van der Waals surface area contributed by atoms with Gasteiger partial charge in [-0.25, -0.2) is 0 Å². The van der Waals surface area contributed by atoms with Gasteiger partial charge in [-0.15, -0.1) is 6.58 Å². The molecule has 0 spiro atoms. The van der Waals surface area contributed by atoms with Crippen molar-refractivity contribution in [2.75, 3.05) is 0 Å². The Hall–Kier alpha value is -1.12. The van der Waals surface area contributed by atoms with Crippen LogP contribution < -0.4 is 11.3 Å². The quantitative estimate of drug-likeness (QED) is 0.451. The molecule has 2 heteroatoms. The topological polar surface area (TPSA) is 38.0 Å².